The molecule has 1 aliphatic heterocycles. The van der Waals surface area contributed by atoms with Crippen LogP contribution in [0.1, 0.15) is 10.4 Å². The number of carbonyl (C=O) groups is 2. The van der Waals surface area contributed by atoms with Crippen LogP contribution in [0.15, 0.2) is 66.7 Å². The molecule has 3 aromatic rings. The van der Waals surface area contributed by atoms with Crippen molar-refractivity contribution in [3.8, 4) is 0 Å². The zero-order chi connectivity index (χ0) is 19.5. The fourth-order valence-corrected chi connectivity index (χ4v) is 3.66. The molecular weight excluding hydrogens is 374 g/mol. The average Bonchev–Trinajstić information content (AvgIpc) is 2.74. The highest BCUT2D eigenvalue weighted by molar-refractivity contribution is 6.33. The molecule has 1 fully saturated rings. The average molecular weight is 394 g/mol. The van der Waals surface area contributed by atoms with Crippen molar-refractivity contribution in [2.24, 2.45) is 0 Å². The van der Waals surface area contributed by atoms with Gasteiger partial charge in [0.05, 0.1) is 16.3 Å². The SMILES string of the molecule is O=C(Nc1cccc2ccccc12)N1CCN(C(=O)c2ccccc2Cl)CC1. The molecule has 0 atom stereocenters. The number of amides is 3. The first-order chi connectivity index (χ1) is 13.6. The summed E-state index contributed by atoms with van der Waals surface area (Å²) in [5.74, 6) is -0.0975. The third-order valence-electron chi connectivity index (χ3n) is 4.99. The lowest BCUT2D eigenvalue weighted by molar-refractivity contribution is 0.0672. The molecule has 0 spiro atoms. The van der Waals surface area contributed by atoms with E-state index in [1.54, 1.807) is 34.1 Å². The van der Waals surface area contributed by atoms with Gasteiger partial charge in [-0.3, -0.25) is 4.79 Å². The number of hydrogen-bond acceptors (Lipinski definition) is 2. The second-order valence-electron chi connectivity index (χ2n) is 6.72. The number of piperazine rings is 1. The number of benzene rings is 3. The largest absolute Gasteiger partial charge is 0.335 e. The zero-order valence-corrected chi connectivity index (χ0v) is 16.0. The van der Waals surface area contributed by atoms with E-state index in [0.717, 1.165) is 16.5 Å². The highest BCUT2D eigenvalue weighted by Crippen LogP contribution is 2.23. The van der Waals surface area contributed by atoms with Gasteiger partial charge in [0, 0.05) is 31.6 Å². The Morgan fingerprint density at radius 1 is 0.786 bits per heavy atom. The lowest BCUT2D eigenvalue weighted by Gasteiger charge is -2.35. The van der Waals surface area contributed by atoms with E-state index in [4.69, 9.17) is 11.6 Å². The Morgan fingerprint density at radius 3 is 2.21 bits per heavy atom. The minimum absolute atomic E-state index is 0.0975. The Hall–Kier alpha value is -3.05. The van der Waals surface area contributed by atoms with Gasteiger partial charge in [-0.05, 0) is 23.6 Å². The number of halogens is 1. The summed E-state index contributed by atoms with van der Waals surface area (Å²) >= 11 is 6.13. The standard InChI is InChI=1S/C22H20ClN3O2/c23-19-10-4-3-9-18(19)21(27)25-12-14-26(15-13-25)22(28)24-20-11-5-7-16-6-1-2-8-17(16)20/h1-11H,12-15H2,(H,24,28). The van der Waals surface area contributed by atoms with Gasteiger partial charge in [-0.15, -0.1) is 0 Å². The van der Waals surface area contributed by atoms with Gasteiger partial charge >= 0.3 is 6.03 Å². The maximum Gasteiger partial charge on any atom is 0.321 e. The maximum absolute atomic E-state index is 12.7. The van der Waals surface area contributed by atoms with Crippen LogP contribution in [0.3, 0.4) is 0 Å². The van der Waals surface area contributed by atoms with E-state index in [0.29, 0.717) is 36.8 Å². The fourth-order valence-electron chi connectivity index (χ4n) is 3.45. The zero-order valence-electron chi connectivity index (χ0n) is 15.3. The number of rotatable bonds is 2. The minimum Gasteiger partial charge on any atom is -0.335 e. The first-order valence-electron chi connectivity index (χ1n) is 9.21. The second-order valence-corrected chi connectivity index (χ2v) is 7.12. The normalized spacial score (nSPS) is 14.2. The first-order valence-corrected chi connectivity index (χ1v) is 9.59. The summed E-state index contributed by atoms with van der Waals surface area (Å²) < 4.78 is 0. The monoisotopic (exact) mass is 393 g/mol. The van der Waals surface area contributed by atoms with Crippen LogP contribution in [-0.2, 0) is 0 Å². The Morgan fingerprint density at radius 2 is 1.43 bits per heavy atom. The van der Waals surface area contributed by atoms with Gasteiger partial charge in [0.15, 0.2) is 0 Å². The van der Waals surface area contributed by atoms with Gasteiger partial charge in [0.25, 0.3) is 5.91 Å². The molecule has 1 saturated heterocycles. The van der Waals surface area contributed by atoms with Gasteiger partial charge in [0.2, 0.25) is 0 Å². The highest BCUT2D eigenvalue weighted by Gasteiger charge is 2.26. The van der Waals surface area contributed by atoms with Gasteiger partial charge in [-0.25, -0.2) is 4.79 Å². The van der Waals surface area contributed by atoms with Crippen LogP contribution >= 0.6 is 11.6 Å². The summed E-state index contributed by atoms with van der Waals surface area (Å²) in [7, 11) is 0. The maximum atomic E-state index is 12.7. The molecule has 1 heterocycles. The molecule has 28 heavy (non-hydrogen) atoms. The summed E-state index contributed by atoms with van der Waals surface area (Å²) in [5, 5.41) is 5.53. The van der Waals surface area contributed by atoms with Crippen LogP contribution in [-0.4, -0.2) is 47.9 Å². The van der Waals surface area contributed by atoms with Crippen LogP contribution in [0, 0.1) is 0 Å². The highest BCUT2D eigenvalue weighted by atomic mass is 35.5. The predicted octanol–water partition coefficient (Wildman–Crippen LogP) is 4.48. The van der Waals surface area contributed by atoms with Crippen molar-refractivity contribution in [3.05, 3.63) is 77.3 Å². The third-order valence-corrected chi connectivity index (χ3v) is 5.32. The molecule has 142 valence electrons. The quantitative estimate of drug-likeness (QED) is 0.697. The minimum atomic E-state index is -0.152. The van der Waals surface area contributed by atoms with Gasteiger partial charge in [0.1, 0.15) is 0 Å². The van der Waals surface area contributed by atoms with Crippen molar-refractivity contribution in [1.29, 1.82) is 0 Å². The van der Waals surface area contributed by atoms with Crippen molar-refractivity contribution in [1.82, 2.24) is 9.80 Å². The summed E-state index contributed by atoms with van der Waals surface area (Å²) in [5.41, 5.74) is 1.29. The number of fused-ring (bicyclic) bond motifs is 1. The molecule has 0 radical (unpaired) electrons. The number of urea groups is 1. The lowest BCUT2D eigenvalue weighted by Crippen LogP contribution is -2.51. The molecule has 0 aliphatic carbocycles. The third kappa shape index (κ3) is 3.66. The van der Waals surface area contributed by atoms with Crippen LogP contribution < -0.4 is 5.32 Å². The summed E-state index contributed by atoms with van der Waals surface area (Å²) in [6.07, 6.45) is 0. The van der Waals surface area contributed by atoms with E-state index in [-0.39, 0.29) is 11.9 Å². The smallest absolute Gasteiger partial charge is 0.321 e. The summed E-state index contributed by atoms with van der Waals surface area (Å²) in [6, 6.07) is 20.7. The van der Waals surface area contributed by atoms with E-state index in [1.807, 2.05) is 42.5 Å². The van der Waals surface area contributed by atoms with E-state index in [2.05, 4.69) is 5.32 Å². The lowest BCUT2D eigenvalue weighted by atomic mass is 10.1. The van der Waals surface area contributed by atoms with Crippen molar-refractivity contribution in [2.45, 2.75) is 0 Å². The van der Waals surface area contributed by atoms with E-state index < -0.39 is 0 Å². The molecule has 3 amide bonds. The summed E-state index contributed by atoms with van der Waals surface area (Å²) in [6.45, 7) is 1.92. The Bertz CT molecular complexity index is 1020. The van der Waals surface area contributed by atoms with E-state index in [1.165, 1.54) is 0 Å². The second kappa shape index (κ2) is 7.90. The van der Waals surface area contributed by atoms with Gasteiger partial charge in [-0.1, -0.05) is 60.1 Å². The Balaban J connectivity index is 1.40. The van der Waals surface area contributed by atoms with Crippen molar-refractivity contribution < 1.29 is 9.59 Å². The molecule has 0 saturated carbocycles. The molecule has 0 aromatic heterocycles. The van der Waals surface area contributed by atoms with E-state index >= 15 is 0 Å². The topological polar surface area (TPSA) is 52.7 Å². The number of nitrogens with one attached hydrogen (secondary N) is 1. The first kappa shape index (κ1) is 18.3. The molecule has 0 bridgehead atoms. The van der Waals surface area contributed by atoms with Crippen molar-refractivity contribution in [3.63, 3.8) is 0 Å². The van der Waals surface area contributed by atoms with Crippen molar-refractivity contribution >= 4 is 40.0 Å². The van der Waals surface area contributed by atoms with Crippen LogP contribution in [0.25, 0.3) is 10.8 Å². The Labute approximate surface area is 168 Å². The molecule has 1 aliphatic rings. The number of anilines is 1. The van der Waals surface area contributed by atoms with Crippen molar-refractivity contribution in [2.75, 3.05) is 31.5 Å². The molecule has 0 unspecified atom stereocenters. The molecule has 4 rings (SSSR count). The van der Waals surface area contributed by atoms with Crippen LogP contribution in [0.5, 0.6) is 0 Å². The number of nitrogens with zero attached hydrogens (tertiary/aromatic N) is 2. The summed E-state index contributed by atoms with van der Waals surface area (Å²) in [4.78, 5) is 28.8. The Kier molecular flexibility index (Phi) is 5.17. The van der Waals surface area contributed by atoms with Gasteiger partial charge in [-0.2, -0.15) is 0 Å². The molecule has 1 N–H and O–H groups in total. The molecule has 3 aromatic carbocycles. The van der Waals surface area contributed by atoms with Gasteiger partial charge < -0.3 is 15.1 Å². The fraction of sp³-hybridized carbons (Fsp3) is 0.182. The molecule has 6 heteroatoms. The number of hydrogen-bond donors (Lipinski definition) is 1. The van der Waals surface area contributed by atoms with E-state index in [9.17, 15) is 9.59 Å². The number of carbonyl (C=O) groups excluding carboxylic acids is 2. The van der Waals surface area contributed by atoms with Crippen LogP contribution in [0.2, 0.25) is 5.02 Å². The van der Waals surface area contributed by atoms with Crippen LogP contribution in [0.4, 0.5) is 10.5 Å². The predicted molar refractivity (Wildman–Crippen MR) is 112 cm³/mol. The molecular formula is C22H20ClN3O2. The molecule has 5 nitrogen and oxygen atoms in total.